The van der Waals surface area contributed by atoms with Gasteiger partial charge in [0.15, 0.2) is 0 Å². The Morgan fingerprint density at radius 3 is 2.94 bits per heavy atom. The quantitative estimate of drug-likeness (QED) is 0.795. The third-order valence-corrected chi connectivity index (χ3v) is 4.61. The summed E-state index contributed by atoms with van der Waals surface area (Å²) in [6, 6.07) is 5.96. The number of halogens is 1. The molecule has 1 aliphatic heterocycles. The fraction of sp³-hybridized carbons (Fsp3) is 0.600. The Balaban J connectivity index is 0.00000120. The summed E-state index contributed by atoms with van der Waals surface area (Å²) in [5, 5.41) is 9.71. The van der Waals surface area contributed by atoms with Crippen LogP contribution in [0.25, 0.3) is 0 Å². The summed E-state index contributed by atoms with van der Waals surface area (Å²) >= 11 is 0. The predicted molar refractivity (Wildman–Crippen MR) is 79.7 cm³/mol. The fourth-order valence-corrected chi connectivity index (χ4v) is 3.77. The van der Waals surface area contributed by atoms with Gasteiger partial charge in [0, 0.05) is 6.54 Å². The molecule has 2 atom stereocenters. The van der Waals surface area contributed by atoms with E-state index in [0.29, 0.717) is 5.75 Å². The van der Waals surface area contributed by atoms with Crippen LogP contribution in [0.5, 0.6) is 5.75 Å². The van der Waals surface area contributed by atoms with E-state index in [9.17, 15) is 5.11 Å². The molecule has 2 aliphatic rings. The summed E-state index contributed by atoms with van der Waals surface area (Å²) in [7, 11) is 2.23. The standard InChI is InChI=1S/C15H21NO.BrH/c1-15-5-6-16(2)10-11(9-15)7-12-3-4-13(17)8-14(12)15;/h3-4,8,11,17H,5-7,9-10H2,1-2H3;1H. The van der Waals surface area contributed by atoms with E-state index in [0.717, 1.165) is 5.92 Å². The Hall–Kier alpha value is -0.540. The van der Waals surface area contributed by atoms with Gasteiger partial charge in [-0.15, -0.1) is 17.0 Å². The Kier molecular flexibility index (Phi) is 3.75. The molecule has 2 unspecified atom stereocenters. The van der Waals surface area contributed by atoms with Crippen LogP contribution in [0.2, 0.25) is 0 Å². The number of phenols is 1. The first kappa shape index (κ1) is 13.9. The van der Waals surface area contributed by atoms with Crippen molar-refractivity contribution in [1.82, 2.24) is 4.90 Å². The van der Waals surface area contributed by atoms with Gasteiger partial charge in [-0.25, -0.2) is 0 Å². The van der Waals surface area contributed by atoms with E-state index in [1.54, 1.807) is 0 Å². The number of hydrogen-bond acceptors (Lipinski definition) is 2. The molecule has 3 heteroatoms. The van der Waals surface area contributed by atoms with Crippen LogP contribution in [-0.2, 0) is 11.8 Å². The fourth-order valence-electron chi connectivity index (χ4n) is 3.77. The summed E-state index contributed by atoms with van der Waals surface area (Å²) in [5.74, 6) is 1.20. The van der Waals surface area contributed by atoms with Crippen LogP contribution in [0.3, 0.4) is 0 Å². The zero-order valence-corrected chi connectivity index (χ0v) is 12.9. The monoisotopic (exact) mass is 311 g/mol. The van der Waals surface area contributed by atoms with Crippen molar-refractivity contribution in [2.24, 2.45) is 5.92 Å². The maximum absolute atomic E-state index is 9.71. The van der Waals surface area contributed by atoms with E-state index in [4.69, 9.17) is 0 Å². The number of hydrogen-bond donors (Lipinski definition) is 1. The van der Waals surface area contributed by atoms with E-state index in [2.05, 4.69) is 24.9 Å². The molecule has 100 valence electrons. The van der Waals surface area contributed by atoms with E-state index in [1.807, 2.05) is 12.1 Å². The van der Waals surface area contributed by atoms with Gasteiger partial charge in [0.25, 0.3) is 0 Å². The van der Waals surface area contributed by atoms with Crippen LogP contribution < -0.4 is 0 Å². The highest BCUT2D eigenvalue weighted by Crippen LogP contribution is 2.45. The molecular formula is C15H22BrNO. The largest absolute Gasteiger partial charge is 0.508 e. The molecule has 2 nitrogen and oxygen atoms in total. The molecule has 18 heavy (non-hydrogen) atoms. The molecule has 1 fully saturated rings. The molecule has 0 saturated carbocycles. The number of fused-ring (bicyclic) bond motifs is 4. The molecule has 0 radical (unpaired) electrons. The summed E-state index contributed by atoms with van der Waals surface area (Å²) in [4.78, 5) is 2.46. The number of phenolic OH excluding ortho intramolecular Hbond substituents is 1. The smallest absolute Gasteiger partial charge is 0.115 e. The van der Waals surface area contributed by atoms with Gasteiger partial charge < -0.3 is 10.0 Å². The van der Waals surface area contributed by atoms with E-state index < -0.39 is 0 Å². The first-order valence-electron chi connectivity index (χ1n) is 6.58. The Labute approximate surface area is 120 Å². The number of nitrogens with zero attached hydrogens (tertiary/aromatic N) is 1. The highest BCUT2D eigenvalue weighted by atomic mass is 79.9. The lowest BCUT2D eigenvalue weighted by Gasteiger charge is -2.38. The Morgan fingerprint density at radius 2 is 2.17 bits per heavy atom. The number of rotatable bonds is 0. The van der Waals surface area contributed by atoms with Crippen molar-refractivity contribution in [1.29, 1.82) is 0 Å². The predicted octanol–water partition coefficient (Wildman–Crippen LogP) is 3.13. The molecule has 0 amide bonds. The highest BCUT2D eigenvalue weighted by molar-refractivity contribution is 8.93. The third kappa shape index (κ3) is 2.30. The van der Waals surface area contributed by atoms with Crippen molar-refractivity contribution in [3.8, 4) is 5.75 Å². The van der Waals surface area contributed by atoms with Crippen LogP contribution in [0, 0.1) is 5.92 Å². The molecule has 3 rings (SSSR count). The van der Waals surface area contributed by atoms with Crippen LogP contribution in [0.4, 0.5) is 0 Å². The summed E-state index contributed by atoms with van der Waals surface area (Å²) < 4.78 is 0. The molecule has 1 aliphatic carbocycles. The molecule has 2 bridgehead atoms. The van der Waals surface area contributed by atoms with Crippen LogP contribution in [0.15, 0.2) is 18.2 Å². The van der Waals surface area contributed by atoms with Crippen LogP contribution in [0.1, 0.15) is 30.9 Å². The van der Waals surface area contributed by atoms with Gasteiger partial charge in [0.1, 0.15) is 5.75 Å². The van der Waals surface area contributed by atoms with Gasteiger partial charge >= 0.3 is 0 Å². The second-order valence-corrected chi connectivity index (χ2v) is 6.19. The normalized spacial score (nSPS) is 31.1. The average Bonchev–Trinajstić information content (AvgIpc) is 2.39. The second kappa shape index (κ2) is 4.86. The van der Waals surface area contributed by atoms with E-state index in [1.165, 1.54) is 43.5 Å². The lowest BCUT2D eigenvalue weighted by Crippen LogP contribution is -2.32. The van der Waals surface area contributed by atoms with Gasteiger partial charge in [-0.3, -0.25) is 0 Å². The summed E-state index contributed by atoms with van der Waals surface area (Å²) in [6.07, 6.45) is 3.65. The van der Waals surface area contributed by atoms with E-state index >= 15 is 0 Å². The zero-order valence-electron chi connectivity index (χ0n) is 11.1. The molecule has 0 aromatic heterocycles. The molecule has 1 saturated heterocycles. The molecule has 1 heterocycles. The van der Waals surface area contributed by atoms with Crippen molar-refractivity contribution < 1.29 is 5.11 Å². The number of aromatic hydroxyl groups is 1. The summed E-state index contributed by atoms with van der Waals surface area (Å²) in [5.41, 5.74) is 3.11. The maximum atomic E-state index is 9.71. The number of likely N-dealkylation sites (tertiary alicyclic amines) is 1. The summed E-state index contributed by atoms with van der Waals surface area (Å²) in [6.45, 7) is 4.76. The Bertz CT molecular complexity index is 448. The van der Waals surface area contributed by atoms with Crippen LogP contribution in [-0.4, -0.2) is 30.1 Å². The zero-order chi connectivity index (χ0) is 12.0. The van der Waals surface area contributed by atoms with Crippen molar-refractivity contribution in [3.05, 3.63) is 29.3 Å². The van der Waals surface area contributed by atoms with E-state index in [-0.39, 0.29) is 22.4 Å². The molecular weight excluding hydrogens is 290 g/mol. The van der Waals surface area contributed by atoms with Crippen molar-refractivity contribution >= 4 is 17.0 Å². The minimum absolute atomic E-state index is 0. The van der Waals surface area contributed by atoms with Gasteiger partial charge in [-0.1, -0.05) is 13.0 Å². The lowest BCUT2D eigenvalue weighted by atomic mass is 9.66. The first-order chi connectivity index (χ1) is 8.07. The Morgan fingerprint density at radius 1 is 1.39 bits per heavy atom. The van der Waals surface area contributed by atoms with Crippen molar-refractivity contribution in [3.63, 3.8) is 0 Å². The first-order valence-corrected chi connectivity index (χ1v) is 6.58. The minimum atomic E-state index is 0. The van der Waals surface area contributed by atoms with Gasteiger partial charge in [0.2, 0.25) is 0 Å². The van der Waals surface area contributed by atoms with Crippen LogP contribution >= 0.6 is 17.0 Å². The number of benzene rings is 1. The second-order valence-electron chi connectivity index (χ2n) is 6.19. The van der Waals surface area contributed by atoms with Gasteiger partial charge in [0.05, 0.1) is 0 Å². The minimum Gasteiger partial charge on any atom is -0.508 e. The molecule has 0 spiro atoms. The van der Waals surface area contributed by atoms with Gasteiger partial charge in [-0.05, 0) is 67.4 Å². The maximum Gasteiger partial charge on any atom is 0.115 e. The highest BCUT2D eigenvalue weighted by Gasteiger charge is 2.39. The van der Waals surface area contributed by atoms with Crippen molar-refractivity contribution in [2.75, 3.05) is 20.1 Å². The van der Waals surface area contributed by atoms with Gasteiger partial charge in [-0.2, -0.15) is 0 Å². The van der Waals surface area contributed by atoms with Crippen molar-refractivity contribution in [2.45, 2.75) is 31.6 Å². The molecule has 1 aromatic carbocycles. The molecule has 1 N–H and O–H groups in total. The third-order valence-electron chi connectivity index (χ3n) is 4.61. The topological polar surface area (TPSA) is 23.5 Å². The average molecular weight is 312 g/mol. The lowest BCUT2D eigenvalue weighted by molar-refractivity contribution is 0.289. The SMILES string of the molecule is Br.CN1CCC2(C)CC(Cc3ccc(O)cc32)C1. The molecule has 1 aromatic rings.